The highest BCUT2D eigenvalue weighted by Gasteiger charge is 2.33. The van der Waals surface area contributed by atoms with Crippen molar-refractivity contribution in [3.05, 3.63) is 64.7 Å². The van der Waals surface area contributed by atoms with Crippen LogP contribution in [0.2, 0.25) is 0 Å². The summed E-state index contributed by atoms with van der Waals surface area (Å²) in [7, 11) is 0. The second-order valence-corrected chi connectivity index (χ2v) is 7.31. The van der Waals surface area contributed by atoms with Gasteiger partial charge in [0.25, 0.3) is 5.91 Å². The van der Waals surface area contributed by atoms with Crippen LogP contribution in [0, 0.1) is 11.6 Å². The molecule has 2 rings (SSSR count). The monoisotopic (exact) mass is 513 g/mol. The van der Waals surface area contributed by atoms with Crippen molar-refractivity contribution in [1.29, 1.82) is 0 Å². The van der Waals surface area contributed by atoms with Crippen molar-refractivity contribution in [3.8, 4) is 5.75 Å². The molecule has 0 unspecified atom stereocenters. The van der Waals surface area contributed by atoms with Crippen LogP contribution in [0.25, 0.3) is 0 Å². The lowest BCUT2D eigenvalue weighted by molar-refractivity contribution is -0.143. The van der Waals surface area contributed by atoms with Crippen molar-refractivity contribution >= 4 is 23.9 Å². The van der Waals surface area contributed by atoms with E-state index in [2.05, 4.69) is 9.98 Å². The van der Waals surface area contributed by atoms with Gasteiger partial charge in [0.05, 0.1) is 25.3 Å². The highest BCUT2D eigenvalue weighted by atomic mass is 19.4. The summed E-state index contributed by atoms with van der Waals surface area (Å²) in [6.45, 7) is 1.57. The minimum Gasteiger partial charge on any atom is -0.494 e. The van der Waals surface area contributed by atoms with E-state index < -0.39 is 40.8 Å². The fourth-order valence-corrected chi connectivity index (χ4v) is 2.94. The molecule has 0 aromatic heterocycles. The van der Waals surface area contributed by atoms with Gasteiger partial charge in [0.2, 0.25) is 0 Å². The van der Waals surface area contributed by atoms with E-state index in [1.165, 1.54) is 12.1 Å². The van der Waals surface area contributed by atoms with Crippen LogP contribution in [0.1, 0.15) is 47.7 Å². The zero-order chi connectivity index (χ0) is 26.7. The van der Waals surface area contributed by atoms with Gasteiger partial charge in [0.15, 0.2) is 0 Å². The van der Waals surface area contributed by atoms with Crippen LogP contribution < -0.4 is 10.5 Å². The summed E-state index contributed by atoms with van der Waals surface area (Å²) < 4.78 is 77.9. The molecule has 0 aliphatic heterocycles. The summed E-state index contributed by atoms with van der Waals surface area (Å²) in [6, 6.07) is 6.27. The number of halogens is 5. The number of ether oxygens (including phenoxy) is 2. The molecule has 0 saturated heterocycles. The third kappa shape index (κ3) is 8.75. The predicted molar refractivity (Wildman–Crippen MR) is 122 cm³/mol. The Bertz CT molecular complexity index is 1110. The Hall–Kier alpha value is -3.83. The van der Waals surface area contributed by atoms with E-state index in [-0.39, 0.29) is 56.2 Å². The van der Waals surface area contributed by atoms with Gasteiger partial charge in [-0.15, -0.1) is 0 Å². The molecule has 12 heteroatoms. The molecule has 36 heavy (non-hydrogen) atoms. The van der Waals surface area contributed by atoms with Crippen molar-refractivity contribution in [1.82, 2.24) is 0 Å². The molecule has 194 valence electrons. The molecule has 0 fully saturated rings. The Balaban J connectivity index is 1.99. The second-order valence-electron chi connectivity index (χ2n) is 7.31. The van der Waals surface area contributed by atoms with E-state index in [0.29, 0.717) is 0 Å². The van der Waals surface area contributed by atoms with Gasteiger partial charge in [0, 0.05) is 19.1 Å². The average molecular weight is 513 g/mol. The maximum atomic E-state index is 13.6. The second kappa shape index (κ2) is 13.3. The molecule has 0 radical (unpaired) electrons. The number of rotatable bonds is 11. The Labute approximate surface area is 203 Å². The first-order valence-electron chi connectivity index (χ1n) is 10.8. The topological polar surface area (TPSA) is 103 Å². The van der Waals surface area contributed by atoms with Crippen LogP contribution in [-0.2, 0) is 22.3 Å². The molecule has 0 bridgehead atoms. The van der Waals surface area contributed by atoms with E-state index in [1.54, 1.807) is 6.92 Å². The Morgan fingerprint density at radius 3 is 2.44 bits per heavy atom. The molecule has 0 spiro atoms. The van der Waals surface area contributed by atoms with Gasteiger partial charge in [-0.25, -0.2) is 8.78 Å². The maximum Gasteiger partial charge on any atom is 0.416 e. The van der Waals surface area contributed by atoms with Crippen molar-refractivity contribution < 1.29 is 41.0 Å². The number of amidine groups is 1. The lowest BCUT2D eigenvalue weighted by Crippen LogP contribution is -2.16. The molecule has 0 heterocycles. The summed E-state index contributed by atoms with van der Waals surface area (Å²) in [5.41, 5.74) is 3.62. The summed E-state index contributed by atoms with van der Waals surface area (Å²) >= 11 is 0. The predicted octanol–water partition coefficient (Wildman–Crippen LogP) is 4.86. The van der Waals surface area contributed by atoms with Gasteiger partial charge in [-0.3, -0.25) is 14.6 Å². The number of esters is 1. The summed E-state index contributed by atoms with van der Waals surface area (Å²) in [6.07, 6.45) is -3.40. The van der Waals surface area contributed by atoms with E-state index >= 15 is 0 Å². The highest BCUT2D eigenvalue weighted by Crippen LogP contribution is 2.35. The number of carbonyl (C=O) groups is 2. The number of hydrogen-bond donors (Lipinski definition) is 1. The third-order valence-corrected chi connectivity index (χ3v) is 4.60. The van der Waals surface area contributed by atoms with Crippen molar-refractivity contribution in [2.45, 2.75) is 38.9 Å². The van der Waals surface area contributed by atoms with Crippen molar-refractivity contribution in [3.63, 3.8) is 0 Å². The van der Waals surface area contributed by atoms with Gasteiger partial charge < -0.3 is 15.2 Å². The minimum absolute atomic E-state index is 0.0193. The number of benzene rings is 2. The van der Waals surface area contributed by atoms with Crippen LogP contribution in [-0.4, -0.2) is 37.1 Å². The van der Waals surface area contributed by atoms with Crippen LogP contribution in [0.3, 0.4) is 0 Å². The first-order chi connectivity index (χ1) is 17.0. The Morgan fingerprint density at radius 2 is 1.81 bits per heavy atom. The number of nitrogens with zero attached hydrogens (tertiary/aromatic N) is 2. The summed E-state index contributed by atoms with van der Waals surface area (Å²) in [5, 5.41) is 0. The Kier molecular flexibility index (Phi) is 10.5. The lowest BCUT2D eigenvalue weighted by Gasteiger charge is -2.14. The van der Waals surface area contributed by atoms with E-state index in [9.17, 15) is 31.5 Å². The number of carbonyl (C=O) groups excluding carboxylic acids is 2. The number of aliphatic imine (C=N–C) groups is 2. The number of amides is 1. The number of nitrogens with two attached hydrogens (primary N) is 1. The first kappa shape index (κ1) is 28.4. The molecule has 2 N–H and O–H groups in total. The molecular formula is C24H24F5N3O4. The summed E-state index contributed by atoms with van der Waals surface area (Å²) in [4.78, 5) is 30.5. The standard InChI is InChI=1S/C24H24F5N3O4/c1-2-35-21(33)7-4-12-36-16-9-8-15(17(13-16)24(27,28)29)14-31-11-10-20(30)32-23(34)22-18(25)5-3-6-19(22)26/h3,5-6,8-9,11,13H,2,4,7,10,12,14H2,1H3,(H2,30,32,34). The minimum atomic E-state index is -4.67. The van der Waals surface area contributed by atoms with Crippen molar-refractivity contribution in [2.75, 3.05) is 13.2 Å². The van der Waals surface area contributed by atoms with Crippen LogP contribution in [0.4, 0.5) is 22.0 Å². The molecular weight excluding hydrogens is 489 g/mol. The molecule has 2 aromatic rings. The smallest absolute Gasteiger partial charge is 0.416 e. The SMILES string of the molecule is CCOC(=O)CCCOc1ccc(CN=CCC(N)=NC(=O)c2c(F)cccc2F)c(C(F)(F)F)c1. The van der Waals surface area contributed by atoms with Crippen molar-refractivity contribution in [2.24, 2.45) is 15.7 Å². The molecule has 7 nitrogen and oxygen atoms in total. The molecule has 2 aromatic carbocycles. The third-order valence-electron chi connectivity index (χ3n) is 4.60. The molecule has 1 amide bonds. The maximum absolute atomic E-state index is 13.6. The Morgan fingerprint density at radius 1 is 1.11 bits per heavy atom. The van der Waals surface area contributed by atoms with E-state index in [4.69, 9.17) is 15.2 Å². The molecule has 0 atom stereocenters. The highest BCUT2D eigenvalue weighted by molar-refractivity contribution is 6.05. The molecule has 0 aliphatic carbocycles. The van der Waals surface area contributed by atoms with E-state index in [0.717, 1.165) is 30.5 Å². The normalized spacial score (nSPS) is 12.1. The molecule has 0 saturated carbocycles. The first-order valence-corrected chi connectivity index (χ1v) is 10.8. The fraction of sp³-hybridized carbons (Fsp3) is 0.333. The van der Waals surface area contributed by atoms with Gasteiger partial charge in [-0.05, 0) is 43.2 Å². The van der Waals surface area contributed by atoms with Gasteiger partial charge in [-0.1, -0.05) is 12.1 Å². The van der Waals surface area contributed by atoms with E-state index in [1.807, 2.05) is 0 Å². The van der Waals surface area contributed by atoms with Crippen LogP contribution in [0.5, 0.6) is 5.75 Å². The zero-order valence-electron chi connectivity index (χ0n) is 19.3. The molecule has 0 aliphatic rings. The largest absolute Gasteiger partial charge is 0.494 e. The van der Waals surface area contributed by atoms with Gasteiger partial charge in [0.1, 0.15) is 28.8 Å². The summed E-state index contributed by atoms with van der Waals surface area (Å²) in [5.74, 6) is -4.19. The fourth-order valence-electron chi connectivity index (χ4n) is 2.94. The number of alkyl halides is 3. The lowest BCUT2D eigenvalue weighted by atomic mass is 10.1. The van der Waals surface area contributed by atoms with Crippen LogP contribution in [0.15, 0.2) is 46.4 Å². The van der Waals surface area contributed by atoms with Crippen LogP contribution >= 0.6 is 0 Å². The number of hydrogen-bond acceptors (Lipinski definition) is 5. The quantitative estimate of drug-likeness (QED) is 0.152. The zero-order valence-corrected chi connectivity index (χ0v) is 19.3. The average Bonchev–Trinajstić information content (AvgIpc) is 2.79. The van der Waals surface area contributed by atoms with Gasteiger partial charge >= 0.3 is 12.1 Å². The van der Waals surface area contributed by atoms with Gasteiger partial charge in [-0.2, -0.15) is 18.2 Å².